The van der Waals surface area contributed by atoms with Gasteiger partial charge < -0.3 is 20.3 Å². The summed E-state index contributed by atoms with van der Waals surface area (Å²) in [5.41, 5.74) is 2.26. The van der Waals surface area contributed by atoms with Crippen LogP contribution in [0.3, 0.4) is 0 Å². The number of ether oxygens (including phenoxy) is 1. The number of carbonyl (C=O) groups excluding carboxylic acids is 2. The molecule has 1 atom stereocenters. The van der Waals surface area contributed by atoms with Crippen LogP contribution < -0.4 is 15.5 Å². The molecular weight excluding hydrogens is 346 g/mol. The number of anilines is 2. The maximum Gasteiger partial charge on any atom is 0.246 e. The molecule has 8 heteroatoms. The molecule has 2 N–H and O–H groups in total. The van der Waals surface area contributed by atoms with Crippen molar-refractivity contribution >= 4 is 23.3 Å². The Morgan fingerprint density at radius 2 is 2.04 bits per heavy atom. The van der Waals surface area contributed by atoms with Crippen LogP contribution in [0.1, 0.15) is 12.8 Å². The molecule has 140 valence electrons. The van der Waals surface area contributed by atoms with Crippen molar-refractivity contribution in [3.63, 3.8) is 0 Å². The summed E-state index contributed by atoms with van der Waals surface area (Å²) in [4.78, 5) is 25.7. The fourth-order valence-electron chi connectivity index (χ4n) is 3.24. The molecule has 4 rings (SSSR count). The molecule has 2 fully saturated rings. The van der Waals surface area contributed by atoms with E-state index < -0.39 is 6.04 Å². The van der Waals surface area contributed by atoms with Crippen molar-refractivity contribution in [2.45, 2.75) is 18.9 Å². The summed E-state index contributed by atoms with van der Waals surface area (Å²) in [5.74, 6) is 0.551. The molecule has 3 heterocycles. The van der Waals surface area contributed by atoms with E-state index in [0.717, 1.165) is 30.2 Å². The first kappa shape index (κ1) is 17.4. The molecule has 1 aromatic carbocycles. The molecule has 27 heavy (non-hydrogen) atoms. The zero-order valence-corrected chi connectivity index (χ0v) is 14.9. The number of benzene rings is 1. The molecule has 0 saturated carbocycles. The molecule has 2 aromatic rings. The highest BCUT2D eigenvalue weighted by molar-refractivity contribution is 5.99. The van der Waals surface area contributed by atoms with Crippen LogP contribution >= 0.6 is 0 Å². The Balaban J connectivity index is 1.45. The van der Waals surface area contributed by atoms with E-state index in [1.54, 1.807) is 0 Å². The average molecular weight is 367 g/mol. The van der Waals surface area contributed by atoms with Gasteiger partial charge in [0.1, 0.15) is 6.04 Å². The highest BCUT2D eigenvalue weighted by Gasteiger charge is 2.27. The van der Waals surface area contributed by atoms with Crippen molar-refractivity contribution in [1.29, 1.82) is 0 Å². The molecule has 0 radical (unpaired) electrons. The van der Waals surface area contributed by atoms with Crippen LogP contribution in [0.4, 0.5) is 11.5 Å². The van der Waals surface area contributed by atoms with Crippen LogP contribution in [0.25, 0.3) is 11.3 Å². The van der Waals surface area contributed by atoms with Crippen LogP contribution in [0.2, 0.25) is 0 Å². The zero-order valence-electron chi connectivity index (χ0n) is 14.9. The predicted octanol–water partition coefficient (Wildman–Crippen LogP) is 1.20. The second-order valence-electron chi connectivity index (χ2n) is 6.61. The molecule has 2 aliphatic heterocycles. The summed E-state index contributed by atoms with van der Waals surface area (Å²) in [7, 11) is 0. The third-order valence-electron chi connectivity index (χ3n) is 4.72. The van der Waals surface area contributed by atoms with Gasteiger partial charge in [0.25, 0.3) is 0 Å². The van der Waals surface area contributed by atoms with Gasteiger partial charge in [0, 0.05) is 30.8 Å². The van der Waals surface area contributed by atoms with Gasteiger partial charge in [-0.25, -0.2) is 0 Å². The minimum absolute atomic E-state index is 0.0838. The highest BCUT2D eigenvalue weighted by atomic mass is 16.5. The first-order valence-electron chi connectivity index (χ1n) is 9.06. The van der Waals surface area contributed by atoms with Crippen LogP contribution in [-0.4, -0.2) is 54.4 Å². The minimum atomic E-state index is -0.464. The van der Waals surface area contributed by atoms with Crippen LogP contribution in [0, 0.1) is 0 Å². The largest absolute Gasteiger partial charge is 0.378 e. The highest BCUT2D eigenvalue weighted by Crippen LogP contribution is 2.22. The number of hydrogen-bond acceptors (Lipinski definition) is 6. The Bertz CT molecular complexity index is 833. The number of morpholine rings is 1. The Morgan fingerprint density at radius 1 is 1.19 bits per heavy atom. The molecule has 0 aliphatic carbocycles. The quantitative estimate of drug-likeness (QED) is 0.843. The maximum atomic E-state index is 12.3. The lowest BCUT2D eigenvalue weighted by molar-refractivity contribution is -0.122. The molecule has 0 spiro atoms. The number of rotatable bonds is 4. The number of nitrogens with one attached hydrogen (secondary N) is 2. The van der Waals surface area contributed by atoms with Crippen molar-refractivity contribution in [2.75, 3.05) is 36.5 Å². The topological polar surface area (TPSA) is 96.5 Å². The lowest BCUT2D eigenvalue weighted by Crippen LogP contribution is -2.37. The number of aromatic nitrogens is 2. The Labute approximate surface area is 156 Å². The number of carbonyl (C=O) groups is 2. The lowest BCUT2D eigenvalue weighted by Gasteiger charge is -2.27. The van der Waals surface area contributed by atoms with E-state index in [0.29, 0.717) is 31.7 Å². The molecule has 1 aromatic heterocycles. The van der Waals surface area contributed by atoms with Gasteiger partial charge in [0.15, 0.2) is 5.82 Å². The van der Waals surface area contributed by atoms with E-state index in [4.69, 9.17) is 4.74 Å². The third kappa shape index (κ3) is 4.06. The summed E-state index contributed by atoms with van der Waals surface area (Å²) >= 11 is 0. The summed E-state index contributed by atoms with van der Waals surface area (Å²) in [6.07, 6.45) is 0.919. The monoisotopic (exact) mass is 367 g/mol. The Morgan fingerprint density at radius 3 is 2.74 bits per heavy atom. The van der Waals surface area contributed by atoms with Crippen LogP contribution in [0.15, 0.2) is 36.4 Å². The van der Waals surface area contributed by atoms with Gasteiger partial charge in [-0.3, -0.25) is 9.59 Å². The van der Waals surface area contributed by atoms with Gasteiger partial charge in [-0.05, 0) is 30.7 Å². The normalized spacial score (nSPS) is 19.6. The molecule has 2 aliphatic rings. The van der Waals surface area contributed by atoms with Gasteiger partial charge in [-0.2, -0.15) is 0 Å². The van der Waals surface area contributed by atoms with Crippen LogP contribution in [0.5, 0.6) is 0 Å². The summed E-state index contributed by atoms with van der Waals surface area (Å²) < 4.78 is 5.35. The fraction of sp³-hybridized carbons (Fsp3) is 0.368. The lowest BCUT2D eigenvalue weighted by atomic mass is 10.1. The van der Waals surface area contributed by atoms with Crippen molar-refractivity contribution in [2.24, 2.45) is 0 Å². The zero-order chi connectivity index (χ0) is 18.6. The second-order valence-corrected chi connectivity index (χ2v) is 6.61. The first-order valence-corrected chi connectivity index (χ1v) is 9.06. The van der Waals surface area contributed by atoms with Gasteiger partial charge in [0.05, 0.1) is 18.9 Å². The van der Waals surface area contributed by atoms with E-state index >= 15 is 0 Å². The van der Waals surface area contributed by atoms with E-state index in [1.165, 1.54) is 0 Å². The number of nitrogens with zero attached hydrogens (tertiary/aromatic N) is 3. The summed E-state index contributed by atoms with van der Waals surface area (Å²) in [6.45, 7) is 3.03. The van der Waals surface area contributed by atoms with E-state index in [9.17, 15) is 9.59 Å². The molecule has 1 unspecified atom stereocenters. The van der Waals surface area contributed by atoms with Gasteiger partial charge >= 0.3 is 0 Å². The minimum Gasteiger partial charge on any atom is -0.378 e. The van der Waals surface area contributed by atoms with Crippen molar-refractivity contribution in [3.05, 3.63) is 36.4 Å². The second kappa shape index (κ2) is 7.71. The maximum absolute atomic E-state index is 12.3. The van der Waals surface area contributed by atoms with E-state index in [1.807, 2.05) is 36.4 Å². The summed E-state index contributed by atoms with van der Waals surface area (Å²) in [5, 5.41) is 14.2. The molecule has 0 bridgehead atoms. The average Bonchev–Trinajstić information content (AvgIpc) is 3.16. The van der Waals surface area contributed by atoms with E-state index in [-0.39, 0.29) is 11.8 Å². The van der Waals surface area contributed by atoms with E-state index in [2.05, 4.69) is 25.7 Å². The Hall–Kier alpha value is -3.00. The summed E-state index contributed by atoms with van der Waals surface area (Å²) in [6, 6.07) is 10.9. The number of amides is 2. The predicted molar refractivity (Wildman–Crippen MR) is 100 cm³/mol. The molecular formula is C19H21N5O3. The van der Waals surface area contributed by atoms with Gasteiger partial charge in [-0.15, -0.1) is 10.2 Å². The standard InChI is InChI=1S/C19H21N5O3/c25-18-7-5-16(21-18)19(26)20-14-3-1-2-13(12-14)15-4-6-17(23-22-15)24-8-10-27-11-9-24/h1-4,6,12,16H,5,7-11H2,(H,20,26)(H,21,25). The van der Waals surface area contributed by atoms with Gasteiger partial charge in [-0.1, -0.05) is 12.1 Å². The smallest absolute Gasteiger partial charge is 0.246 e. The Kier molecular flexibility index (Phi) is 4.97. The first-order chi connectivity index (χ1) is 13.2. The third-order valence-corrected chi connectivity index (χ3v) is 4.72. The number of hydrogen-bond donors (Lipinski definition) is 2. The van der Waals surface area contributed by atoms with Crippen LogP contribution in [-0.2, 0) is 14.3 Å². The van der Waals surface area contributed by atoms with Crippen molar-refractivity contribution < 1.29 is 14.3 Å². The van der Waals surface area contributed by atoms with Gasteiger partial charge in [0.2, 0.25) is 11.8 Å². The van der Waals surface area contributed by atoms with Crippen molar-refractivity contribution in [1.82, 2.24) is 15.5 Å². The van der Waals surface area contributed by atoms with Crippen molar-refractivity contribution in [3.8, 4) is 11.3 Å². The fourth-order valence-corrected chi connectivity index (χ4v) is 3.24. The molecule has 2 amide bonds. The molecule has 2 saturated heterocycles. The SMILES string of the molecule is O=C1CCC(C(=O)Nc2cccc(-c3ccc(N4CCOCC4)nn3)c2)N1. The molecule has 8 nitrogen and oxygen atoms in total.